The second kappa shape index (κ2) is 9.09. The molecule has 0 bridgehead atoms. The minimum Gasteiger partial charge on any atom is -0.493 e. The van der Waals surface area contributed by atoms with Crippen molar-refractivity contribution in [3.05, 3.63) is 48.7 Å². The minimum absolute atomic E-state index is 0.0930. The fourth-order valence-corrected chi connectivity index (χ4v) is 3.76. The summed E-state index contributed by atoms with van der Waals surface area (Å²) in [6.45, 7) is 1.14. The number of benzene rings is 2. The molecule has 0 radical (unpaired) electrons. The van der Waals surface area contributed by atoms with E-state index in [9.17, 15) is 9.90 Å². The number of carbonyl (C=O) groups is 1. The van der Waals surface area contributed by atoms with Crippen molar-refractivity contribution in [2.75, 3.05) is 32.3 Å². The van der Waals surface area contributed by atoms with Gasteiger partial charge in [-0.3, -0.25) is 9.88 Å². The van der Waals surface area contributed by atoms with Crippen LogP contribution in [0.25, 0.3) is 10.9 Å². The summed E-state index contributed by atoms with van der Waals surface area (Å²) in [7, 11) is 3.15. The Bertz CT molecular complexity index is 1060. The van der Waals surface area contributed by atoms with Crippen molar-refractivity contribution >= 4 is 22.7 Å². The molecule has 1 amide bonds. The van der Waals surface area contributed by atoms with Crippen LogP contribution >= 0.6 is 0 Å². The molecule has 1 aliphatic heterocycles. The molecule has 8 heteroatoms. The summed E-state index contributed by atoms with van der Waals surface area (Å²) in [6, 6.07) is 12.3. The third-order valence-electron chi connectivity index (χ3n) is 5.31. The molecule has 1 aromatic heterocycles. The Balaban J connectivity index is 1.60. The second-order valence-corrected chi connectivity index (χ2v) is 7.13. The maximum Gasteiger partial charge on any atom is 0.412 e. The van der Waals surface area contributed by atoms with Crippen LogP contribution in [-0.2, 0) is 4.74 Å². The molecule has 2 aromatic carbocycles. The molecule has 1 N–H and O–H groups in total. The Morgan fingerprint density at radius 2 is 1.71 bits per heavy atom. The van der Waals surface area contributed by atoms with E-state index in [2.05, 4.69) is 4.98 Å². The third kappa shape index (κ3) is 4.34. The van der Waals surface area contributed by atoms with Crippen molar-refractivity contribution in [1.29, 1.82) is 0 Å². The van der Waals surface area contributed by atoms with Crippen molar-refractivity contribution in [3.63, 3.8) is 0 Å². The summed E-state index contributed by atoms with van der Waals surface area (Å²) in [5.74, 6) is 2.37. The zero-order valence-corrected chi connectivity index (χ0v) is 17.4. The molecule has 2 heterocycles. The van der Waals surface area contributed by atoms with Crippen molar-refractivity contribution in [1.82, 2.24) is 4.98 Å². The quantitative estimate of drug-likeness (QED) is 0.613. The number of ether oxygens (including phenoxy) is 4. The highest BCUT2D eigenvalue weighted by Gasteiger charge is 2.27. The molecule has 0 spiro atoms. The Labute approximate surface area is 179 Å². The number of amides is 1. The van der Waals surface area contributed by atoms with Crippen LogP contribution in [0.2, 0.25) is 0 Å². The number of anilines is 1. The monoisotopic (exact) mass is 424 g/mol. The van der Waals surface area contributed by atoms with Gasteiger partial charge in [0.05, 0.1) is 19.7 Å². The number of hydrogen-bond acceptors (Lipinski definition) is 6. The van der Waals surface area contributed by atoms with E-state index in [0.29, 0.717) is 60.3 Å². The molecule has 3 aromatic rings. The van der Waals surface area contributed by atoms with Crippen molar-refractivity contribution in [2.45, 2.75) is 18.9 Å². The number of carboxylic acid groups (broad SMARTS) is 1. The SMILES string of the molecule is COc1cc2nccc(Oc3ccc(N(C(=O)O)C4CCOCC4)cc3)c2cc1OC. The first-order chi connectivity index (χ1) is 15.1. The molecule has 0 aliphatic carbocycles. The molecule has 8 nitrogen and oxygen atoms in total. The van der Waals surface area contributed by atoms with Crippen LogP contribution in [0, 0.1) is 0 Å². The number of rotatable bonds is 6. The summed E-state index contributed by atoms with van der Waals surface area (Å²) >= 11 is 0. The van der Waals surface area contributed by atoms with Crippen molar-refractivity contribution in [2.24, 2.45) is 0 Å². The molecule has 1 aliphatic rings. The molecule has 0 saturated carbocycles. The molecule has 162 valence electrons. The van der Waals surface area contributed by atoms with Gasteiger partial charge < -0.3 is 24.1 Å². The topological polar surface area (TPSA) is 90.4 Å². The van der Waals surface area contributed by atoms with Gasteiger partial charge in [0.15, 0.2) is 11.5 Å². The van der Waals surface area contributed by atoms with Gasteiger partial charge >= 0.3 is 6.09 Å². The van der Waals surface area contributed by atoms with Gasteiger partial charge in [-0.05, 0) is 49.2 Å². The highest BCUT2D eigenvalue weighted by atomic mass is 16.5. The molecule has 0 unspecified atom stereocenters. The lowest BCUT2D eigenvalue weighted by molar-refractivity contribution is 0.0838. The molecule has 1 fully saturated rings. The van der Waals surface area contributed by atoms with E-state index >= 15 is 0 Å². The summed E-state index contributed by atoms with van der Waals surface area (Å²) in [5, 5.41) is 10.5. The third-order valence-corrected chi connectivity index (χ3v) is 5.31. The van der Waals surface area contributed by atoms with Crippen LogP contribution in [0.3, 0.4) is 0 Å². The highest BCUT2D eigenvalue weighted by molar-refractivity contribution is 5.89. The van der Waals surface area contributed by atoms with Crippen molar-refractivity contribution in [3.8, 4) is 23.0 Å². The number of hydrogen-bond donors (Lipinski definition) is 1. The maximum absolute atomic E-state index is 11.9. The van der Waals surface area contributed by atoms with Gasteiger partial charge in [-0.15, -0.1) is 0 Å². The number of fused-ring (bicyclic) bond motifs is 1. The largest absolute Gasteiger partial charge is 0.493 e. The van der Waals surface area contributed by atoms with E-state index < -0.39 is 6.09 Å². The Kier molecular flexibility index (Phi) is 6.08. The predicted molar refractivity (Wildman–Crippen MR) is 116 cm³/mol. The van der Waals surface area contributed by atoms with E-state index in [-0.39, 0.29) is 6.04 Å². The Morgan fingerprint density at radius 3 is 2.35 bits per heavy atom. The lowest BCUT2D eigenvalue weighted by Crippen LogP contribution is -2.42. The number of nitrogens with zero attached hydrogens (tertiary/aromatic N) is 2. The van der Waals surface area contributed by atoms with E-state index in [0.717, 1.165) is 5.39 Å². The normalized spacial score (nSPS) is 14.3. The minimum atomic E-state index is -0.971. The number of pyridine rings is 1. The first kappa shape index (κ1) is 20.7. The first-order valence-corrected chi connectivity index (χ1v) is 9.99. The van der Waals surface area contributed by atoms with Gasteiger partial charge in [0, 0.05) is 42.6 Å². The van der Waals surface area contributed by atoms with Crippen LogP contribution in [0.4, 0.5) is 10.5 Å². The van der Waals surface area contributed by atoms with Crippen LogP contribution in [0.15, 0.2) is 48.7 Å². The Morgan fingerprint density at radius 1 is 1.03 bits per heavy atom. The number of methoxy groups -OCH3 is 2. The van der Waals surface area contributed by atoms with Gasteiger partial charge in [-0.25, -0.2) is 4.79 Å². The fraction of sp³-hybridized carbons (Fsp3) is 0.304. The Hall–Kier alpha value is -3.52. The maximum atomic E-state index is 11.9. The van der Waals surface area contributed by atoms with Gasteiger partial charge in [0.25, 0.3) is 0 Å². The van der Waals surface area contributed by atoms with Crippen LogP contribution < -0.4 is 19.1 Å². The van der Waals surface area contributed by atoms with E-state index in [4.69, 9.17) is 18.9 Å². The molecular formula is C23H24N2O6. The first-order valence-electron chi connectivity index (χ1n) is 9.99. The van der Waals surface area contributed by atoms with Gasteiger partial charge in [0.1, 0.15) is 11.5 Å². The summed E-state index contributed by atoms with van der Waals surface area (Å²) in [4.78, 5) is 17.6. The lowest BCUT2D eigenvalue weighted by Gasteiger charge is -2.32. The standard InChI is InChI=1S/C23H24N2O6/c1-28-21-13-18-19(14-22(21)29-2)24-10-7-20(18)31-17-5-3-15(4-6-17)25(23(26)27)16-8-11-30-12-9-16/h3-7,10,13-14,16H,8-9,11-12H2,1-2H3,(H,26,27). The fourth-order valence-electron chi connectivity index (χ4n) is 3.76. The number of aromatic nitrogens is 1. The zero-order valence-electron chi connectivity index (χ0n) is 17.4. The average molecular weight is 424 g/mol. The highest BCUT2D eigenvalue weighted by Crippen LogP contribution is 2.37. The second-order valence-electron chi connectivity index (χ2n) is 7.13. The van der Waals surface area contributed by atoms with Crippen LogP contribution in [0.5, 0.6) is 23.0 Å². The molecule has 1 saturated heterocycles. The van der Waals surface area contributed by atoms with E-state index in [1.165, 1.54) is 4.90 Å². The average Bonchev–Trinajstić information content (AvgIpc) is 2.80. The van der Waals surface area contributed by atoms with E-state index in [1.807, 2.05) is 6.07 Å². The van der Waals surface area contributed by atoms with Crippen molar-refractivity contribution < 1.29 is 28.8 Å². The summed E-state index contributed by atoms with van der Waals surface area (Å²) < 4.78 is 22.2. The molecular weight excluding hydrogens is 400 g/mol. The van der Waals surface area contributed by atoms with Gasteiger partial charge in [-0.2, -0.15) is 0 Å². The smallest absolute Gasteiger partial charge is 0.412 e. The lowest BCUT2D eigenvalue weighted by atomic mass is 10.1. The molecule has 0 atom stereocenters. The molecule has 4 rings (SSSR count). The van der Waals surface area contributed by atoms with Gasteiger partial charge in [0.2, 0.25) is 0 Å². The van der Waals surface area contributed by atoms with Gasteiger partial charge in [-0.1, -0.05) is 0 Å². The summed E-state index contributed by atoms with van der Waals surface area (Å²) in [5.41, 5.74) is 1.32. The molecule has 31 heavy (non-hydrogen) atoms. The van der Waals surface area contributed by atoms with Crippen LogP contribution in [-0.4, -0.2) is 49.7 Å². The predicted octanol–water partition coefficient (Wildman–Crippen LogP) is 4.71. The van der Waals surface area contributed by atoms with E-state index in [1.54, 1.807) is 56.8 Å². The van der Waals surface area contributed by atoms with Crippen LogP contribution in [0.1, 0.15) is 12.8 Å². The summed E-state index contributed by atoms with van der Waals surface area (Å²) in [6.07, 6.45) is 2.05. The zero-order chi connectivity index (χ0) is 21.8.